The Morgan fingerprint density at radius 3 is 2.41 bits per heavy atom. The van der Waals surface area contributed by atoms with Gasteiger partial charge in [-0.3, -0.25) is 13.4 Å². The molecule has 2 aromatic rings. The Bertz CT molecular complexity index is 1040. The molecule has 0 radical (unpaired) electrons. The van der Waals surface area contributed by atoms with E-state index in [2.05, 4.69) is 30.4 Å². The largest absolute Gasteiger partial charge is 1.00 e. The van der Waals surface area contributed by atoms with Gasteiger partial charge in [0.25, 0.3) is 7.82 Å². The number of aliphatic hydroxyl groups is 2. The summed E-state index contributed by atoms with van der Waals surface area (Å²) in [6, 6.07) is 0. The first-order valence-electron chi connectivity index (χ1n) is 7.75. The Morgan fingerprint density at radius 1 is 1.22 bits per heavy atom. The van der Waals surface area contributed by atoms with Gasteiger partial charge in [-0.2, -0.15) is 0 Å². The number of nitrogens with two attached hydrogens (primary N) is 1. The van der Waals surface area contributed by atoms with E-state index in [-0.39, 0.29) is 111 Å². The van der Waals surface area contributed by atoms with E-state index < -0.39 is 46.8 Å². The molecule has 15 nitrogen and oxygen atoms in total. The summed E-state index contributed by atoms with van der Waals surface area (Å²) < 4.78 is 36.1. The van der Waals surface area contributed by atoms with Crippen molar-refractivity contribution in [1.82, 2.24) is 19.5 Å². The van der Waals surface area contributed by atoms with E-state index in [0.29, 0.717) is 0 Å². The van der Waals surface area contributed by atoms with E-state index in [4.69, 9.17) is 10.5 Å². The second-order valence-corrected chi connectivity index (χ2v) is 8.49. The van der Waals surface area contributed by atoms with Crippen LogP contribution in [0.3, 0.4) is 0 Å². The minimum absolute atomic E-state index is 0. The number of phosphoric acid groups is 2. The van der Waals surface area contributed by atoms with Crippen molar-refractivity contribution in [3.63, 3.8) is 0 Å². The molecule has 1 unspecified atom stereocenters. The van der Waals surface area contributed by atoms with Gasteiger partial charge < -0.3 is 44.5 Å². The van der Waals surface area contributed by atoms with Gasteiger partial charge >= 0.3 is 88.7 Å². The summed E-state index contributed by atoms with van der Waals surface area (Å²) in [5.74, 6) is 0.190. The van der Waals surface area contributed by atoms with Crippen LogP contribution in [-0.4, -0.2) is 54.7 Å². The van der Waals surface area contributed by atoms with Crippen LogP contribution in [0.4, 0.5) is 5.82 Å². The second kappa shape index (κ2) is 13.0. The maximum atomic E-state index is 11.4. The molecule has 32 heavy (non-hydrogen) atoms. The van der Waals surface area contributed by atoms with Gasteiger partial charge in [-0.05, 0) is 6.08 Å². The number of imidazole rings is 1. The molecular weight excluding hydrogens is 505 g/mol. The topological polar surface area (TPSA) is 241 Å². The van der Waals surface area contributed by atoms with Gasteiger partial charge in [0.1, 0.15) is 30.5 Å². The molecule has 160 valence electrons. The predicted molar refractivity (Wildman–Crippen MR) is 88.0 cm³/mol. The number of anilines is 1. The minimum Gasteiger partial charge on any atom is -0.790 e. The van der Waals surface area contributed by atoms with Crippen molar-refractivity contribution in [2.45, 2.75) is 24.5 Å². The first-order valence-corrected chi connectivity index (χ1v) is 10.7. The molecular formula is C12H14N5Na3O10P2. The summed E-state index contributed by atoms with van der Waals surface area (Å²) in [4.78, 5) is 44.2. The van der Waals surface area contributed by atoms with Gasteiger partial charge in [0.2, 0.25) is 0 Å². The molecule has 20 heteroatoms. The van der Waals surface area contributed by atoms with E-state index in [9.17, 15) is 34.0 Å². The molecule has 2 aromatic heterocycles. The van der Waals surface area contributed by atoms with Crippen LogP contribution in [0.15, 0.2) is 12.9 Å². The van der Waals surface area contributed by atoms with Crippen molar-refractivity contribution in [3.05, 3.63) is 18.7 Å². The third kappa shape index (κ3) is 7.61. The number of rotatable bonds is 7. The fourth-order valence-corrected chi connectivity index (χ4v) is 4.23. The molecule has 0 aliphatic carbocycles. The molecule has 0 aromatic carbocycles. The van der Waals surface area contributed by atoms with Crippen molar-refractivity contribution < 1.29 is 136 Å². The normalized spacial score (nSPS) is 24.7. The maximum absolute atomic E-state index is 11.4. The van der Waals surface area contributed by atoms with Crippen LogP contribution < -0.4 is 109 Å². The molecule has 4 N–H and O–H groups in total. The van der Waals surface area contributed by atoms with E-state index in [1.54, 1.807) is 0 Å². The molecule has 3 rings (SSSR count). The molecule has 0 bridgehead atoms. The molecule has 1 aliphatic rings. The molecule has 5 atom stereocenters. The van der Waals surface area contributed by atoms with E-state index in [1.165, 1.54) is 10.6 Å². The summed E-state index contributed by atoms with van der Waals surface area (Å²) in [6.45, 7) is 2.62. The standard InChI is InChI=1S/C12H17N5O10P2.3Na/c1-2-6-16-7-10(13)14-4-15-11(7)17(6)12-9(19)8(18)5(26-12)3-25-29(23,24)27-28(20,21)22;;;/h2,4-5,8-9,12,18-19H,1,3H2,(H,23,24)(H2,13,14,15)(H2,20,21,22);;;/q;3*+1/p-3/t5-,8-,9-,12-;;;/m1.../s1. The van der Waals surface area contributed by atoms with E-state index in [1.807, 2.05) is 0 Å². The van der Waals surface area contributed by atoms with Crippen LogP contribution in [0.25, 0.3) is 17.2 Å². The summed E-state index contributed by atoms with van der Waals surface area (Å²) in [7, 11) is -11.4. The Hall–Kier alpha value is 1.23. The summed E-state index contributed by atoms with van der Waals surface area (Å²) in [5.41, 5.74) is 6.05. The van der Waals surface area contributed by atoms with Crippen LogP contribution in [0.2, 0.25) is 0 Å². The van der Waals surface area contributed by atoms with Gasteiger partial charge in [0, 0.05) is 0 Å². The average molecular weight is 519 g/mol. The second-order valence-electron chi connectivity index (χ2n) is 5.79. The SMILES string of the molecule is C=Cc1nc2c(N)ncnc2n1[C@@H]1O[C@H](COP(=O)([O-])OP(=O)([O-])[O-])[C@@H](O)[C@H]1O.[Na+].[Na+].[Na+]. The van der Waals surface area contributed by atoms with Gasteiger partial charge in [0.15, 0.2) is 23.2 Å². The zero-order valence-corrected chi connectivity index (χ0v) is 25.1. The van der Waals surface area contributed by atoms with Gasteiger partial charge in [-0.1, -0.05) is 6.58 Å². The fraction of sp³-hybridized carbons (Fsp3) is 0.417. The van der Waals surface area contributed by atoms with Crippen LogP contribution in [0, 0.1) is 0 Å². The quantitative estimate of drug-likeness (QED) is 0.227. The number of fused-ring (bicyclic) bond motifs is 1. The van der Waals surface area contributed by atoms with Gasteiger partial charge in [-0.25, -0.2) is 15.0 Å². The smallest absolute Gasteiger partial charge is 0.790 e. The van der Waals surface area contributed by atoms with E-state index in [0.717, 1.165) is 6.33 Å². The molecule has 0 saturated carbocycles. The fourth-order valence-electron chi connectivity index (χ4n) is 2.73. The zero-order chi connectivity index (χ0) is 21.6. The van der Waals surface area contributed by atoms with Crippen LogP contribution in [-0.2, 0) is 22.7 Å². The van der Waals surface area contributed by atoms with Crippen LogP contribution in [0.5, 0.6) is 0 Å². The third-order valence-electron chi connectivity index (χ3n) is 3.90. The Morgan fingerprint density at radius 2 is 1.84 bits per heavy atom. The number of ether oxygens (including phenoxy) is 1. The number of nitrogens with zero attached hydrogens (tertiary/aromatic N) is 4. The molecule has 3 heterocycles. The van der Waals surface area contributed by atoms with Gasteiger partial charge in [0.05, 0.1) is 14.4 Å². The number of phosphoric ester groups is 1. The van der Waals surface area contributed by atoms with E-state index >= 15 is 0 Å². The predicted octanol–water partition coefficient (Wildman–Crippen LogP) is -12.0. The Labute approximate surface area is 247 Å². The van der Waals surface area contributed by atoms with Crippen molar-refractivity contribution in [2.24, 2.45) is 0 Å². The first kappa shape index (κ1) is 33.2. The summed E-state index contributed by atoms with van der Waals surface area (Å²) in [6.07, 6.45) is -3.60. The molecule has 1 aliphatic heterocycles. The maximum Gasteiger partial charge on any atom is 1.00 e. The van der Waals surface area contributed by atoms with Crippen molar-refractivity contribution >= 4 is 38.7 Å². The van der Waals surface area contributed by atoms with Crippen molar-refractivity contribution in [1.29, 1.82) is 0 Å². The number of aromatic nitrogens is 4. The average Bonchev–Trinajstić information content (AvgIpc) is 3.10. The zero-order valence-electron chi connectivity index (χ0n) is 17.3. The first-order chi connectivity index (χ1) is 13.4. The molecule has 1 saturated heterocycles. The molecule has 1 fully saturated rings. The summed E-state index contributed by atoms with van der Waals surface area (Å²) in [5, 5.41) is 20.5. The van der Waals surface area contributed by atoms with Crippen LogP contribution in [0.1, 0.15) is 12.1 Å². The van der Waals surface area contributed by atoms with Crippen molar-refractivity contribution in [2.75, 3.05) is 12.3 Å². The number of aliphatic hydroxyl groups excluding tert-OH is 2. The Kier molecular flexibility index (Phi) is 13.5. The number of hydrogen-bond donors (Lipinski definition) is 3. The number of nitrogen functional groups attached to an aromatic ring is 1. The number of hydrogen-bond acceptors (Lipinski definition) is 14. The Balaban J connectivity index is 0.00000320. The molecule has 0 amide bonds. The van der Waals surface area contributed by atoms with Gasteiger partial charge in [-0.15, -0.1) is 0 Å². The summed E-state index contributed by atoms with van der Waals surface area (Å²) >= 11 is 0. The van der Waals surface area contributed by atoms with Crippen LogP contribution >= 0.6 is 15.6 Å². The minimum atomic E-state index is -5.87. The third-order valence-corrected chi connectivity index (χ3v) is 5.97. The molecule has 0 spiro atoms. The van der Waals surface area contributed by atoms with Crippen molar-refractivity contribution in [3.8, 4) is 0 Å². The monoisotopic (exact) mass is 519 g/mol.